The second-order valence-electron chi connectivity index (χ2n) is 14.4. The molecule has 0 spiro atoms. The second kappa shape index (κ2) is 12.5. The minimum absolute atomic E-state index is 0.0618. The molecule has 0 saturated carbocycles. The van der Waals surface area contributed by atoms with E-state index in [0.29, 0.717) is 11.6 Å². The molecule has 5 aromatic carbocycles. The van der Waals surface area contributed by atoms with Gasteiger partial charge in [0.05, 0.1) is 5.92 Å². The van der Waals surface area contributed by atoms with Crippen LogP contribution in [0, 0.1) is 0 Å². The summed E-state index contributed by atoms with van der Waals surface area (Å²) in [7, 11) is 0. The van der Waals surface area contributed by atoms with Crippen LogP contribution in [0.5, 0.6) is 5.75 Å². The highest BCUT2D eigenvalue weighted by molar-refractivity contribution is 6.03. The van der Waals surface area contributed by atoms with Crippen LogP contribution in [0.1, 0.15) is 58.8 Å². The lowest BCUT2D eigenvalue weighted by molar-refractivity contribution is 0.272. The quantitative estimate of drug-likeness (QED) is 0.179. The van der Waals surface area contributed by atoms with Crippen molar-refractivity contribution in [2.45, 2.75) is 37.2 Å². The molecule has 0 radical (unpaired) electrons. The molecule has 0 saturated heterocycles. The van der Waals surface area contributed by atoms with Crippen molar-refractivity contribution >= 4 is 32.9 Å². The number of rotatable bonds is 5. The second-order valence-corrected chi connectivity index (χ2v) is 14.4. The number of aromatic nitrogens is 3. The van der Waals surface area contributed by atoms with E-state index < -0.39 is 0 Å². The first-order valence-corrected chi connectivity index (χ1v) is 18.8. The van der Waals surface area contributed by atoms with Crippen LogP contribution in [-0.2, 0) is 6.42 Å². The van der Waals surface area contributed by atoms with Crippen LogP contribution in [0.3, 0.4) is 0 Å². The Morgan fingerprint density at radius 3 is 2.31 bits per heavy atom. The SMILES string of the molecule is C1=CCC(c2nc(C3=CCCc4oc5ccccc5c43)nc(-c3ccc(C4=CC=CC5Oc6cc(-c7ccccc7)ccc6C45)c4ccccc34)n2)C=C1. The predicted molar refractivity (Wildman–Crippen MR) is 216 cm³/mol. The number of ether oxygens (including phenoxy) is 1. The van der Waals surface area contributed by atoms with E-state index in [1.54, 1.807) is 0 Å². The molecular weight excluding hydrogens is 663 g/mol. The van der Waals surface area contributed by atoms with Crippen molar-refractivity contribution in [1.82, 2.24) is 15.0 Å². The first-order chi connectivity index (χ1) is 26.8. The van der Waals surface area contributed by atoms with Crippen molar-refractivity contribution in [3.05, 3.63) is 192 Å². The average Bonchev–Trinajstić information content (AvgIpc) is 3.82. The number of furan rings is 1. The summed E-state index contributed by atoms with van der Waals surface area (Å²) in [6.07, 6.45) is 19.9. The van der Waals surface area contributed by atoms with Crippen LogP contribution < -0.4 is 4.74 Å². The first kappa shape index (κ1) is 31.0. The summed E-state index contributed by atoms with van der Waals surface area (Å²) < 4.78 is 13.0. The van der Waals surface area contributed by atoms with Gasteiger partial charge in [0.2, 0.25) is 0 Å². The molecule has 5 heteroatoms. The number of benzene rings is 5. The third-order valence-electron chi connectivity index (χ3n) is 11.3. The van der Waals surface area contributed by atoms with E-state index in [2.05, 4.69) is 146 Å². The molecule has 258 valence electrons. The van der Waals surface area contributed by atoms with E-state index in [0.717, 1.165) is 80.6 Å². The van der Waals surface area contributed by atoms with Crippen molar-refractivity contribution < 1.29 is 9.15 Å². The van der Waals surface area contributed by atoms with E-state index in [-0.39, 0.29) is 17.9 Å². The Morgan fingerprint density at radius 1 is 0.648 bits per heavy atom. The fraction of sp³-hybridized carbons (Fsp3) is 0.122. The molecular formula is C49H35N3O2. The molecule has 1 aliphatic heterocycles. The molecule has 0 N–H and O–H groups in total. The number of hydrogen-bond acceptors (Lipinski definition) is 5. The third kappa shape index (κ3) is 5.03. The number of nitrogens with zero attached hydrogens (tertiary/aromatic N) is 3. The van der Waals surface area contributed by atoms with Gasteiger partial charge in [-0.25, -0.2) is 15.0 Å². The van der Waals surface area contributed by atoms with Gasteiger partial charge in [-0.05, 0) is 70.2 Å². The summed E-state index contributed by atoms with van der Waals surface area (Å²) in [5, 5.41) is 3.36. The molecule has 2 aromatic heterocycles. The zero-order chi connectivity index (χ0) is 35.6. The average molecular weight is 698 g/mol. The number of fused-ring (bicyclic) bond motifs is 7. The van der Waals surface area contributed by atoms with Gasteiger partial charge < -0.3 is 9.15 Å². The topological polar surface area (TPSA) is 61.0 Å². The summed E-state index contributed by atoms with van der Waals surface area (Å²) in [5.41, 5.74) is 10.0. The number of hydrogen-bond donors (Lipinski definition) is 0. The van der Waals surface area contributed by atoms with Crippen molar-refractivity contribution in [1.29, 1.82) is 0 Å². The molecule has 0 bridgehead atoms. The standard InChI is InChI=1S/C49H35N3O2/c1-3-13-30(14-4-1)32-25-26-39-44(29-32)54-42-23-11-20-36(45(39)42)35-27-28-37(34-18-8-7-17-33(34)35)48-50-47(31-15-5-2-6-16-31)51-49(52-48)40-21-12-24-43-46(40)38-19-9-10-22-41(38)53-43/h1-11,13-15,17-23,25-29,31,42,45H,12,16,24H2. The molecule has 0 fully saturated rings. The first-order valence-electron chi connectivity index (χ1n) is 18.8. The predicted octanol–water partition coefficient (Wildman–Crippen LogP) is 11.6. The Kier molecular flexibility index (Phi) is 7.19. The Balaban J connectivity index is 1.04. The van der Waals surface area contributed by atoms with Crippen molar-refractivity contribution in [3.8, 4) is 28.3 Å². The Labute approximate surface area is 313 Å². The van der Waals surface area contributed by atoms with Gasteiger partial charge in [0.25, 0.3) is 0 Å². The van der Waals surface area contributed by atoms with Gasteiger partial charge in [-0.1, -0.05) is 134 Å². The van der Waals surface area contributed by atoms with Gasteiger partial charge in [0.1, 0.15) is 29.0 Å². The lowest BCUT2D eigenvalue weighted by atomic mass is 9.79. The van der Waals surface area contributed by atoms with Crippen LogP contribution >= 0.6 is 0 Å². The molecule has 7 aromatic rings. The summed E-state index contributed by atoms with van der Waals surface area (Å²) >= 11 is 0. The Morgan fingerprint density at radius 2 is 1.44 bits per heavy atom. The van der Waals surface area contributed by atoms with Crippen molar-refractivity contribution in [2.24, 2.45) is 0 Å². The van der Waals surface area contributed by atoms with Crippen LogP contribution in [0.25, 0.3) is 55.4 Å². The van der Waals surface area contributed by atoms with E-state index in [4.69, 9.17) is 24.1 Å². The molecule has 3 unspecified atom stereocenters. The van der Waals surface area contributed by atoms with Crippen LogP contribution in [-0.4, -0.2) is 21.1 Å². The van der Waals surface area contributed by atoms with E-state index >= 15 is 0 Å². The summed E-state index contributed by atoms with van der Waals surface area (Å²) in [6, 6.07) is 38.6. The minimum atomic E-state index is -0.0663. The van der Waals surface area contributed by atoms with Gasteiger partial charge in [0.15, 0.2) is 11.6 Å². The van der Waals surface area contributed by atoms with Gasteiger partial charge in [-0.3, -0.25) is 0 Å². The van der Waals surface area contributed by atoms with Crippen molar-refractivity contribution in [3.63, 3.8) is 0 Å². The molecule has 11 rings (SSSR count). The van der Waals surface area contributed by atoms with Gasteiger partial charge in [-0.2, -0.15) is 0 Å². The lowest BCUT2D eigenvalue weighted by Gasteiger charge is -2.24. The van der Waals surface area contributed by atoms with Crippen LogP contribution in [0.2, 0.25) is 0 Å². The van der Waals surface area contributed by atoms with Crippen molar-refractivity contribution in [2.75, 3.05) is 0 Å². The molecule has 3 heterocycles. The third-order valence-corrected chi connectivity index (χ3v) is 11.3. The van der Waals surface area contributed by atoms with Gasteiger partial charge in [0, 0.05) is 40.0 Å². The highest BCUT2D eigenvalue weighted by Crippen LogP contribution is 2.50. The summed E-state index contributed by atoms with van der Waals surface area (Å²) in [4.78, 5) is 15.7. The molecule has 3 atom stereocenters. The molecule has 4 aliphatic rings. The van der Waals surface area contributed by atoms with E-state index in [1.165, 1.54) is 22.3 Å². The van der Waals surface area contributed by atoms with E-state index in [9.17, 15) is 0 Å². The summed E-state index contributed by atoms with van der Waals surface area (Å²) in [6.45, 7) is 0. The van der Waals surface area contributed by atoms with Gasteiger partial charge in [-0.15, -0.1) is 0 Å². The highest BCUT2D eigenvalue weighted by atomic mass is 16.5. The number of allylic oxidation sites excluding steroid dienone is 7. The smallest absolute Gasteiger partial charge is 0.164 e. The number of aryl methyl sites for hydroxylation is 1. The zero-order valence-corrected chi connectivity index (χ0v) is 29.5. The van der Waals surface area contributed by atoms with Gasteiger partial charge >= 0.3 is 0 Å². The Bertz CT molecular complexity index is 2800. The largest absolute Gasteiger partial charge is 0.485 e. The fourth-order valence-electron chi connectivity index (χ4n) is 8.76. The van der Waals surface area contributed by atoms with Crippen LogP contribution in [0.15, 0.2) is 162 Å². The maximum absolute atomic E-state index is 6.64. The normalized spacial score (nSPS) is 19.6. The van der Waals surface area contributed by atoms with E-state index in [1.807, 2.05) is 12.1 Å². The molecule has 5 nitrogen and oxygen atoms in total. The van der Waals surface area contributed by atoms with Crippen LogP contribution in [0.4, 0.5) is 0 Å². The minimum Gasteiger partial charge on any atom is -0.485 e. The monoisotopic (exact) mass is 697 g/mol. The lowest BCUT2D eigenvalue weighted by Crippen LogP contribution is -2.19. The molecule has 0 amide bonds. The maximum atomic E-state index is 6.64. The molecule has 54 heavy (non-hydrogen) atoms. The summed E-state index contributed by atoms with van der Waals surface area (Å²) in [5.74, 6) is 4.24. The fourth-order valence-corrected chi connectivity index (χ4v) is 8.76. The molecule has 3 aliphatic carbocycles. The maximum Gasteiger partial charge on any atom is 0.164 e. The zero-order valence-electron chi connectivity index (χ0n) is 29.5. The Hall–Kier alpha value is -6.59. The highest BCUT2D eigenvalue weighted by Gasteiger charge is 2.38. The number of para-hydroxylation sites is 1.